The molecule has 9 nitrogen and oxygen atoms in total. The van der Waals surface area contributed by atoms with Crippen LogP contribution in [-0.4, -0.2) is 74.0 Å². The summed E-state index contributed by atoms with van der Waals surface area (Å²) >= 11 is 0. The molecule has 39 heavy (non-hydrogen) atoms. The van der Waals surface area contributed by atoms with E-state index in [-0.39, 0.29) is 30.7 Å². The predicted octanol–water partition coefficient (Wildman–Crippen LogP) is 3.59. The Hall–Kier alpha value is -3.59. The standard InChI is InChI=1S/C30H36N4O5/c1-38-24-13-12-21-26(27(24)39-2)30(37)34-23-11-4-3-9-20(23)29(36)33(28(21)34)17-14-25(35)31-18-19-8-7-16-32-15-6-5-10-22(19)32/h3-4,9,11-13,19,22,28H,5-8,10,14-18H2,1-2H3,(H,31,35)/t19-,22+,28+/m0/s1. The quantitative estimate of drug-likeness (QED) is 0.586. The number of piperidine rings is 2. The van der Waals surface area contributed by atoms with Gasteiger partial charge in [0.1, 0.15) is 6.17 Å². The molecule has 0 bridgehead atoms. The summed E-state index contributed by atoms with van der Waals surface area (Å²) in [6, 6.07) is 11.3. The maximum Gasteiger partial charge on any atom is 0.264 e. The first kappa shape index (κ1) is 25.7. The van der Waals surface area contributed by atoms with Crippen LogP contribution in [0.1, 0.15) is 71.0 Å². The fourth-order valence-electron chi connectivity index (χ4n) is 7.02. The number of hydrogen-bond donors (Lipinski definition) is 1. The molecule has 0 aromatic heterocycles. The van der Waals surface area contributed by atoms with Crippen molar-refractivity contribution in [2.24, 2.45) is 5.92 Å². The highest BCUT2D eigenvalue weighted by molar-refractivity contribution is 6.18. The van der Waals surface area contributed by atoms with Crippen LogP contribution in [0.15, 0.2) is 36.4 Å². The average Bonchev–Trinajstić information content (AvgIpc) is 3.27. The average molecular weight is 533 g/mol. The van der Waals surface area contributed by atoms with Crippen molar-refractivity contribution in [3.8, 4) is 11.5 Å². The van der Waals surface area contributed by atoms with Gasteiger partial charge in [0.25, 0.3) is 11.8 Å². The second-order valence-electron chi connectivity index (χ2n) is 10.9. The third-order valence-corrected chi connectivity index (χ3v) is 8.85. The fourth-order valence-corrected chi connectivity index (χ4v) is 7.02. The van der Waals surface area contributed by atoms with Gasteiger partial charge in [-0.3, -0.25) is 19.3 Å². The number of rotatable bonds is 7. The van der Waals surface area contributed by atoms with Gasteiger partial charge in [0, 0.05) is 31.1 Å². The summed E-state index contributed by atoms with van der Waals surface area (Å²) in [6.07, 6.45) is 5.57. The zero-order valence-corrected chi connectivity index (χ0v) is 22.7. The Labute approximate surface area is 229 Å². The molecule has 2 aromatic carbocycles. The lowest BCUT2D eigenvalue weighted by Crippen LogP contribution is -2.51. The monoisotopic (exact) mass is 532 g/mol. The van der Waals surface area contributed by atoms with Crippen molar-refractivity contribution in [2.45, 2.75) is 50.7 Å². The van der Waals surface area contributed by atoms with Crippen LogP contribution in [0.25, 0.3) is 0 Å². The molecule has 0 unspecified atom stereocenters. The summed E-state index contributed by atoms with van der Waals surface area (Å²) in [5.41, 5.74) is 2.06. The Balaban J connectivity index is 1.22. The molecule has 0 saturated carbocycles. The Morgan fingerprint density at radius 3 is 2.62 bits per heavy atom. The van der Waals surface area contributed by atoms with Crippen LogP contribution in [0.4, 0.5) is 5.69 Å². The van der Waals surface area contributed by atoms with E-state index in [0.717, 1.165) is 6.42 Å². The first-order valence-electron chi connectivity index (χ1n) is 14.0. The molecule has 4 aliphatic heterocycles. The van der Waals surface area contributed by atoms with E-state index < -0.39 is 6.17 Å². The molecule has 9 heteroatoms. The van der Waals surface area contributed by atoms with Crippen LogP contribution in [0, 0.1) is 5.92 Å². The highest BCUT2D eigenvalue weighted by Crippen LogP contribution is 2.49. The number of methoxy groups -OCH3 is 2. The number of carbonyl (C=O) groups excluding carboxylic acids is 3. The summed E-state index contributed by atoms with van der Waals surface area (Å²) in [4.78, 5) is 46.4. The Morgan fingerprint density at radius 2 is 1.79 bits per heavy atom. The predicted molar refractivity (Wildman–Crippen MR) is 146 cm³/mol. The van der Waals surface area contributed by atoms with Gasteiger partial charge in [-0.1, -0.05) is 24.6 Å². The first-order valence-corrected chi connectivity index (χ1v) is 14.0. The molecule has 1 N–H and O–H groups in total. The molecular formula is C30H36N4O5. The molecule has 0 radical (unpaired) electrons. The summed E-state index contributed by atoms with van der Waals surface area (Å²) in [5.74, 6) is 0.756. The van der Waals surface area contributed by atoms with Crippen LogP contribution in [-0.2, 0) is 4.79 Å². The molecule has 0 spiro atoms. The number of ether oxygens (including phenoxy) is 2. The van der Waals surface area contributed by atoms with Crippen LogP contribution < -0.4 is 19.7 Å². The van der Waals surface area contributed by atoms with E-state index in [1.165, 1.54) is 53.0 Å². The maximum absolute atomic E-state index is 13.8. The van der Waals surface area contributed by atoms with Gasteiger partial charge in [0.15, 0.2) is 11.5 Å². The van der Waals surface area contributed by atoms with Gasteiger partial charge in [-0.05, 0) is 62.9 Å². The Bertz CT molecular complexity index is 1290. The molecule has 6 rings (SSSR count). The molecule has 3 atom stereocenters. The highest BCUT2D eigenvalue weighted by Gasteiger charge is 2.49. The van der Waals surface area contributed by atoms with E-state index in [2.05, 4.69) is 10.2 Å². The summed E-state index contributed by atoms with van der Waals surface area (Å²) in [6.45, 7) is 3.21. The van der Waals surface area contributed by atoms with Crippen molar-refractivity contribution in [1.82, 2.24) is 15.1 Å². The van der Waals surface area contributed by atoms with Gasteiger partial charge in [0.05, 0.1) is 31.0 Å². The van der Waals surface area contributed by atoms with E-state index in [4.69, 9.17) is 9.47 Å². The van der Waals surface area contributed by atoms with E-state index in [0.29, 0.717) is 52.4 Å². The minimum Gasteiger partial charge on any atom is -0.493 e. The minimum absolute atomic E-state index is 0.0713. The lowest BCUT2D eigenvalue weighted by molar-refractivity contribution is -0.121. The molecule has 206 valence electrons. The number of benzene rings is 2. The van der Waals surface area contributed by atoms with Crippen molar-refractivity contribution in [1.29, 1.82) is 0 Å². The van der Waals surface area contributed by atoms with Gasteiger partial charge in [-0.25, -0.2) is 0 Å². The minimum atomic E-state index is -0.656. The van der Waals surface area contributed by atoms with Crippen molar-refractivity contribution < 1.29 is 23.9 Å². The number of amides is 3. The number of nitrogens with zero attached hydrogens (tertiary/aromatic N) is 3. The number of anilines is 1. The molecule has 4 heterocycles. The molecule has 3 amide bonds. The fraction of sp³-hybridized carbons (Fsp3) is 0.500. The van der Waals surface area contributed by atoms with Gasteiger partial charge >= 0.3 is 0 Å². The van der Waals surface area contributed by atoms with Gasteiger partial charge in [-0.15, -0.1) is 0 Å². The third kappa shape index (κ3) is 4.33. The SMILES string of the molecule is COc1ccc2c(c1OC)C(=O)N1c3ccccc3C(=O)N(CCC(=O)NC[C@@H]3CCCN4CCCC[C@H]34)[C@@H]21. The first-order chi connectivity index (χ1) is 19.0. The lowest BCUT2D eigenvalue weighted by Gasteiger charge is -2.44. The number of para-hydroxylation sites is 1. The van der Waals surface area contributed by atoms with E-state index in [1.807, 2.05) is 12.1 Å². The van der Waals surface area contributed by atoms with Gasteiger partial charge in [0.2, 0.25) is 5.91 Å². The second-order valence-corrected chi connectivity index (χ2v) is 10.9. The zero-order valence-electron chi connectivity index (χ0n) is 22.7. The number of carbonyl (C=O) groups is 3. The summed E-state index contributed by atoms with van der Waals surface area (Å²) < 4.78 is 11.0. The van der Waals surface area contributed by atoms with Crippen molar-refractivity contribution >= 4 is 23.4 Å². The zero-order chi connectivity index (χ0) is 27.1. The Morgan fingerprint density at radius 1 is 0.974 bits per heavy atom. The van der Waals surface area contributed by atoms with Crippen LogP contribution >= 0.6 is 0 Å². The maximum atomic E-state index is 13.8. The van der Waals surface area contributed by atoms with E-state index >= 15 is 0 Å². The highest BCUT2D eigenvalue weighted by atomic mass is 16.5. The Kier molecular flexibility index (Phi) is 6.93. The van der Waals surface area contributed by atoms with Crippen LogP contribution in [0.5, 0.6) is 11.5 Å². The van der Waals surface area contributed by atoms with Crippen LogP contribution in [0.3, 0.4) is 0 Å². The topological polar surface area (TPSA) is 91.4 Å². The molecule has 2 aromatic rings. The normalized spacial score (nSPS) is 24.0. The van der Waals surface area contributed by atoms with E-state index in [1.54, 1.807) is 34.1 Å². The summed E-state index contributed by atoms with van der Waals surface area (Å²) in [7, 11) is 3.03. The van der Waals surface area contributed by atoms with Gasteiger partial charge < -0.3 is 24.6 Å². The third-order valence-electron chi connectivity index (χ3n) is 8.85. The molecule has 0 aliphatic carbocycles. The molecule has 2 saturated heterocycles. The van der Waals surface area contributed by atoms with Crippen molar-refractivity contribution in [3.63, 3.8) is 0 Å². The number of fused-ring (bicyclic) bond motifs is 6. The molecular weight excluding hydrogens is 496 g/mol. The second kappa shape index (κ2) is 10.5. The van der Waals surface area contributed by atoms with Crippen molar-refractivity contribution in [3.05, 3.63) is 53.1 Å². The molecule has 4 aliphatic rings. The largest absolute Gasteiger partial charge is 0.493 e. The van der Waals surface area contributed by atoms with Crippen molar-refractivity contribution in [2.75, 3.05) is 45.3 Å². The lowest BCUT2D eigenvalue weighted by atomic mass is 9.83. The number of hydrogen-bond acceptors (Lipinski definition) is 6. The smallest absolute Gasteiger partial charge is 0.264 e. The van der Waals surface area contributed by atoms with Crippen LogP contribution in [0.2, 0.25) is 0 Å². The number of nitrogens with one attached hydrogen (secondary N) is 1. The van der Waals surface area contributed by atoms with E-state index in [9.17, 15) is 14.4 Å². The van der Waals surface area contributed by atoms with Gasteiger partial charge in [-0.2, -0.15) is 0 Å². The summed E-state index contributed by atoms with van der Waals surface area (Å²) in [5, 5.41) is 3.16. The molecule has 2 fully saturated rings.